The van der Waals surface area contributed by atoms with E-state index in [2.05, 4.69) is 26.9 Å². The van der Waals surface area contributed by atoms with Crippen molar-refractivity contribution in [3.63, 3.8) is 0 Å². The van der Waals surface area contributed by atoms with Crippen molar-refractivity contribution in [1.82, 2.24) is 20.0 Å². The van der Waals surface area contributed by atoms with Crippen molar-refractivity contribution >= 4 is 0 Å². The van der Waals surface area contributed by atoms with Gasteiger partial charge in [0.15, 0.2) is 0 Å². The Labute approximate surface area is 106 Å². The van der Waals surface area contributed by atoms with E-state index >= 15 is 0 Å². The van der Waals surface area contributed by atoms with Gasteiger partial charge in [0.2, 0.25) is 11.7 Å². The highest BCUT2D eigenvalue weighted by Gasteiger charge is 2.22. The van der Waals surface area contributed by atoms with Crippen LogP contribution in [-0.4, -0.2) is 27.8 Å². The zero-order valence-corrected chi connectivity index (χ0v) is 10.6. The molecule has 0 radical (unpaired) electrons. The minimum atomic E-state index is 0.414. The largest absolute Gasteiger partial charge is 0.345 e. The number of hydrogen-bond donors (Lipinski definition) is 1. The number of nitrogens with zero attached hydrogens (tertiary/aromatic N) is 3. The van der Waals surface area contributed by atoms with Crippen LogP contribution in [0.4, 0.5) is 0 Å². The Kier molecular flexibility index (Phi) is 3.15. The zero-order valence-electron chi connectivity index (χ0n) is 10.6. The Balaban J connectivity index is 1.84. The van der Waals surface area contributed by atoms with Gasteiger partial charge in [-0.15, -0.1) is 0 Å². The summed E-state index contributed by atoms with van der Waals surface area (Å²) in [4.78, 5) is 4.56. The summed E-state index contributed by atoms with van der Waals surface area (Å²) in [7, 11) is 0. The van der Waals surface area contributed by atoms with E-state index in [1.165, 1.54) is 0 Å². The number of aromatic nitrogens is 3. The normalized spacial score (nSPS) is 17.2. The first-order valence-corrected chi connectivity index (χ1v) is 6.58. The average molecular weight is 246 g/mol. The second-order valence-electron chi connectivity index (χ2n) is 4.66. The van der Waals surface area contributed by atoms with Crippen molar-refractivity contribution in [3.8, 4) is 11.5 Å². The second-order valence-corrected chi connectivity index (χ2v) is 4.66. The van der Waals surface area contributed by atoms with Crippen LogP contribution in [0.25, 0.3) is 11.5 Å². The van der Waals surface area contributed by atoms with Crippen LogP contribution in [0.2, 0.25) is 0 Å². The van der Waals surface area contributed by atoms with Gasteiger partial charge < -0.3 is 14.4 Å². The van der Waals surface area contributed by atoms with Gasteiger partial charge in [-0.25, -0.2) is 0 Å². The maximum absolute atomic E-state index is 5.43. The third-order valence-electron chi connectivity index (χ3n) is 3.53. The van der Waals surface area contributed by atoms with Gasteiger partial charge in [-0.3, -0.25) is 0 Å². The Hall–Kier alpha value is -1.62. The summed E-state index contributed by atoms with van der Waals surface area (Å²) in [5.74, 6) is 1.91. The highest BCUT2D eigenvalue weighted by Crippen LogP contribution is 2.26. The first kappa shape index (κ1) is 11.5. The van der Waals surface area contributed by atoms with Crippen molar-refractivity contribution in [2.24, 2.45) is 0 Å². The van der Waals surface area contributed by atoms with Crippen LogP contribution in [0.5, 0.6) is 0 Å². The number of hydrogen-bond acceptors (Lipinski definition) is 4. The fourth-order valence-corrected chi connectivity index (χ4v) is 2.47. The van der Waals surface area contributed by atoms with E-state index in [1.54, 1.807) is 0 Å². The van der Waals surface area contributed by atoms with Gasteiger partial charge in [0.05, 0.1) is 5.69 Å². The molecule has 0 aromatic carbocycles. The molecule has 1 saturated heterocycles. The lowest BCUT2D eigenvalue weighted by Gasteiger charge is -2.18. The first-order chi connectivity index (χ1) is 8.88. The molecule has 0 spiro atoms. The molecular weight excluding hydrogens is 228 g/mol. The van der Waals surface area contributed by atoms with Crippen molar-refractivity contribution in [2.75, 3.05) is 13.1 Å². The second kappa shape index (κ2) is 4.94. The SMILES string of the molecule is CCn1cccc1-c1noc(C2CCNCC2)n1. The van der Waals surface area contributed by atoms with E-state index < -0.39 is 0 Å². The summed E-state index contributed by atoms with van der Waals surface area (Å²) in [6.45, 7) is 5.10. The minimum Gasteiger partial charge on any atom is -0.345 e. The lowest BCUT2D eigenvalue weighted by atomic mass is 9.98. The predicted molar refractivity (Wildman–Crippen MR) is 68.2 cm³/mol. The summed E-state index contributed by atoms with van der Waals surface area (Å²) < 4.78 is 7.55. The molecule has 0 amide bonds. The standard InChI is InChI=1S/C13H18N4O/c1-2-17-9-3-4-11(17)12-15-13(18-16-12)10-5-7-14-8-6-10/h3-4,9-10,14H,2,5-8H2,1H3. The van der Waals surface area contributed by atoms with Crippen molar-refractivity contribution in [2.45, 2.75) is 32.2 Å². The third-order valence-corrected chi connectivity index (χ3v) is 3.53. The molecule has 1 N–H and O–H groups in total. The monoisotopic (exact) mass is 246 g/mol. The summed E-state index contributed by atoms with van der Waals surface area (Å²) in [5.41, 5.74) is 1.03. The quantitative estimate of drug-likeness (QED) is 0.900. The van der Waals surface area contributed by atoms with Crippen LogP contribution in [-0.2, 0) is 6.54 Å². The van der Waals surface area contributed by atoms with Crippen LogP contribution in [0.1, 0.15) is 31.6 Å². The van der Waals surface area contributed by atoms with Gasteiger partial charge in [-0.05, 0) is 45.0 Å². The lowest BCUT2D eigenvalue weighted by molar-refractivity contribution is 0.320. The number of piperidine rings is 1. The summed E-state index contributed by atoms with van der Waals surface area (Å²) in [6.07, 6.45) is 4.20. The van der Waals surface area contributed by atoms with E-state index in [-0.39, 0.29) is 0 Å². The Morgan fingerprint density at radius 3 is 3.06 bits per heavy atom. The Morgan fingerprint density at radius 2 is 2.28 bits per heavy atom. The molecule has 0 bridgehead atoms. The molecule has 5 nitrogen and oxygen atoms in total. The van der Waals surface area contributed by atoms with Crippen molar-refractivity contribution in [3.05, 3.63) is 24.2 Å². The molecule has 0 unspecified atom stereocenters. The van der Waals surface area contributed by atoms with E-state index in [9.17, 15) is 0 Å². The lowest BCUT2D eigenvalue weighted by Crippen LogP contribution is -2.26. The van der Waals surface area contributed by atoms with Gasteiger partial charge in [-0.2, -0.15) is 4.98 Å². The molecular formula is C13H18N4O. The predicted octanol–water partition coefficient (Wildman–Crippen LogP) is 2.02. The first-order valence-electron chi connectivity index (χ1n) is 6.58. The molecule has 0 atom stereocenters. The molecule has 1 fully saturated rings. The van der Waals surface area contributed by atoms with E-state index in [0.717, 1.165) is 44.1 Å². The smallest absolute Gasteiger partial charge is 0.230 e. The highest BCUT2D eigenvalue weighted by atomic mass is 16.5. The molecule has 5 heteroatoms. The third kappa shape index (κ3) is 2.06. The Bertz CT molecular complexity index is 511. The fraction of sp³-hybridized carbons (Fsp3) is 0.538. The average Bonchev–Trinajstić information content (AvgIpc) is 3.08. The number of aryl methyl sites for hydroxylation is 1. The molecule has 1 aliphatic rings. The van der Waals surface area contributed by atoms with Crippen LogP contribution in [0.15, 0.2) is 22.9 Å². The van der Waals surface area contributed by atoms with Crippen LogP contribution in [0, 0.1) is 0 Å². The molecule has 18 heavy (non-hydrogen) atoms. The van der Waals surface area contributed by atoms with E-state index in [4.69, 9.17) is 4.52 Å². The molecule has 3 rings (SSSR count). The van der Waals surface area contributed by atoms with Gasteiger partial charge in [0.1, 0.15) is 0 Å². The van der Waals surface area contributed by atoms with Gasteiger partial charge in [0, 0.05) is 18.7 Å². The zero-order chi connectivity index (χ0) is 12.4. The molecule has 2 aromatic rings. The minimum absolute atomic E-state index is 0.414. The Morgan fingerprint density at radius 1 is 1.44 bits per heavy atom. The maximum Gasteiger partial charge on any atom is 0.230 e. The molecule has 1 aliphatic heterocycles. The number of nitrogens with one attached hydrogen (secondary N) is 1. The van der Waals surface area contributed by atoms with Gasteiger partial charge in [0.25, 0.3) is 0 Å². The van der Waals surface area contributed by atoms with Crippen LogP contribution < -0.4 is 5.32 Å². The molecule has 3 heterocycles. The number of rotatable bonds is 3. The van der Waals surface area contributed by atoms with Gasteiger partial charge in [-0.1, -0.05) is 5.16 Å². The summed E-state index contributed by atoms with van der Waals surface area (Å²) >= 11 is 0. The molecule has 2 aromatic heterocycles. The highest BCUT2D eigenvalue weighted by molar-refractivity contribution is 5.49. The molecule has 96 valence electrons. The fourth-order valence-electron chi connectivity index (χ4n) is 2.47. The van der Waals surface area contributed by atoms with Crippen LogP contribution in [0.3, 0.4) is 0 Å². The van der Waals surface area contributed by atoms with Crippen molar-refractivity contribution < 1.29 is 4.52 Å². The van der Waals surface area contributed by atoms with Gasteiger partial charge >= 0.3 is 0 Å². The van der Waals surface area contributed by atoms with Crippen molar-refractivity contribution in [1.29, 1.82) is 0 Å². The van der Waals surface area contributed by atoms with E-state index in [0.29, 0.717) is 11.7 Å². The summed E-state index contributed by atoms with van der Waals surface area (Å²) in [6, 6.07) is 4.04. The molecule has 0 saturated carbocycles. The van der Waals surface area contributed by atoms with E-state index in [1.807, 2.05) is 18.3 Å². The maximum atomic E-state index is 5.43. The van der Waals surface area contributed by atoms with Crippen LogP contribution >= 0.6 is 0 Å². The summed E-state index contributed by atoms with van der Waals surface area (Å²) in [5, 5.41) is 7.46. The topological polar surface area (TPSA) is 55.9 Å². The molecule has 0 aliphatic carbocycles.